The molecule has 0 radical (unpaired) electrons. The predicted molar refractivity (Wildman–Crippen MR) is 107 cm³/mol. The minimum absolute atomic E-state index is 0.0178. The van der Waals surface area contributed by atoms with Crippen molar-refractivity contribution in [2.24, 2.45) is 0 Å². The molecule has 0 aliphatic carbocycles. The van der Waals surface area contributed by atoms with Crippen molar-refractivity contribution in [3.8, 4) is 11.5 Å². The monoisotopic (exact) mass is 386 g/mol. The Kier molecular flexibility index (Phi) is 6.52. The molecule has 1 aliphatic heterocycles. The fraction of sp³-hybridized carbons (Fsp3) is 0.409. The molecule has 2 aromatic rings. The summed E-state index contributed by atoms with van der Waals surface area (Å²) in [5.41, 5.74) is 1.92. The van der Waals surface area contributed by atoms with E-state index >= 15 is 0 Å². The number of rotatable bonds is 6. The fourth-order valence-corrected chi connectivity index (χ4v) is 3.81. The summed E-state index contributed by atoms with van der Waals surface area (Å²) < 4.78 is 23.8. The SMILES string of the molecule is COc1ccc(N(C(C)=O)C2CCN(Cc3ccc(F)cc3)CC2)cc1OC. The number of hydrogen-bond acceptors (Lipinski definition) is 4. The van der Waals surface area contributed by atoms with Crippen LogP contribution in [0.5, 0.6) is 11.5 Å². The van der Waals surface area contributed by atoms with Crippen molar-refractivity contribution in [2.75, 3.05) is 32.2 Å². The molecule has 28 heavy (non-hydrogen) atoms. The normalized spacial score (nSPS) is 15.3. The molecule has 1 aliphatic rings. The van der Waals surface area contributed by atoms with Gasteiger partial charge in [0.15, 0.2) is 11.5 Å². The van der Waals surface area contributed by atoms with Gasteiger partial charge in [-0.1, -0.05) is 12.1 Å². The second kappa shape index (κ2) is 9.06. The third-order valence-corrected chi connectivity index (χ3v) is 5.23. The Balaban J connectivity index is 1.68. The zero-order valence-electron chi connectivity index (χ0n) is 16.7. The Labute approximate surface area is 165 Å². The number of hydrogen-bond donors (Lipinski definition) is 0. The van der Waals surface area contributed by atoms with E-state index in [9.17, 15) is 9.18 Å². The van der Waals surface area contributed by atoms with Gasteiger partial charge in [-0.15, -0.1) is 0 Å². The molecule has 2 aromatic carbocycles. The highest BCUT2D eigenvalue weighted by molar-refractivity contribution is 5.92. The molecule has 0 bridgehead atoms. The van der Waals surface area contributed by atoms with Gasteiger partial charge in [0, 0.05) is 44.4 Å². The first kappa shape index (κ1) is 20.1. The molecule has 0 saturated carbocycles. The lowest BCUT2D eigenvalue weighted by Gasteiger charge is -2.38. The number of amides is 1. The lowest BCUT2D eigenvalue weighted by atomic mass is 10.0. The van der Waals surface area contributed by atoms with Gasteiger partial charge < -0.3 is 14.4 Å². The molecule has 0 unspecified atom stereocenters. The second-order valence-electron chi connectivity index (χ2n) is 7.06. The summed E-state index contributed by atoms with van der Waals surface area (Å²) in [7, 11) is 3.19. The number of nitrogens with zero attached hydrogens (tertiary/aromatic N) is 2. The standard InChI is InChI=1S/C22H27FN2O3/c1-16(26)25(20-8-9-21(27-2)22(14-20)28-3)19-10-12-24(13-11-19)15-17-4-6-18(23)7-5-17/h4-9,14,19H,10-13,15H2,1-3H3. The largest absolute Gasteiger partial charge is 0.493 e. The van der Waals surface area contributed by atoms with Crippen LogP contribution in [0.4, 0.5) is 10.1 Å². The van der Waals surface area contributed by atoms with Crippen molar-refractivity contribution < 1.29 is 18.7 Å². The molecule has 0 spiro atoms. The van der Waals surface area contributed by atoms with Crippen molar-refractivity contribution >= 4 is 11.6 Å². The molecule has 150 valence electrons. The Morgan fingerprint density at radius 1 is 1.07 bits per heavy atom. The van der Waals surface area contributed by atoms with E-state index in [4.69, 9.17) is 9.47 Å². The van der Waals surface area contributed by atoms with Gasteiger partial charge in [-0.3, -0.25) is 9.69 Å². The van der Waals surface area contributed by atoms with Crippen molar-refractivity contribution in [1.29, 1.82) is 0 Å². The van der Waals surface area contributed by atoms with Crippen LogP contribution in [0, 0.1) is 5.82 Å². The molecule has 0 atom stereocenters. The summed E-state index contributed by atoms with van der Waals surface area (Å²) in [4.78, 5) is 16.6. The number of ether oxygens (including phenoxy) is 2. The molecule has 0 aromatic heterocycles. The average molecular weight is 386 g/mol. The van der Waals surface area contributed by atoms with Gasteiger partial charge >= 0.3 is 0 Å². The van der Waals surface area contributed by atoms with Crippen LogP contribution in [0.2, 0.25) is 0 Å². The highest BCUT2D eigenvalue weighted by Crippen LogP contribution is 2.33. The van der Waals surface area contributed by atoms with Gasteiger partial charge in [0.25, 0.3) is 0 Å². The predicted octanol–water partition coefficient (Wildman–Crippen LogP) is 3.86. The fourth-order valence-electron chi connectivity index (χ4n) is 3.81. The molecule has 1 amide bonds. The highest BCUT2D eigenvalue weighted by atomic mass is 19.1. The minimum atomic E-state index is -0.213. The van der Waals surface area contributed by atoms with E-state index in [0.717, 1.165) is 43.7 Å². The summed E-state index contributed by atoms with van der Waals surface area (Å²) in [6.07, 6.45) is 1.77. The zero-order chi connectivity index (χ0) is 20.1. The Morgan fingerprint density at radius 3 is 2.29 bits per heavy atom. The quantitative estimate of drug-likeness (QED) is 0.756. The van der Waals surface area contributed by atoms with Gasteiger partial charge in [0.05, 0.1) is 14.2 Å². The average Bonchev–Trinajstić information content (AvgIpc) is 2.70. The number of anilines is 1. The van der Waals surface area contributed by atoms with Crippen molar-refractivity contribution in [2.45, 2.75) is 32.4 Å². The van der Waals surface area contributed by atoms with Crippen LogP contribution in [0.25, 0.3) is 0 Å². The van der Waals surface area contributed by atoms with E-state index in [-0.39, 0.29) is 17.8 Å². The van der Waals surface area contributed by atoms with Crippen molar-refractivity contribution in [3.63, 3.8) is 0 Å². The number of benzene rings is 2. The van der Waals surface area contributed by atoms with Gasteiger partial charge in [-0.2, -0.15) is 0 Å². The van der Waals surface area contributed by atoms with Gasteiger partial charge in [-0.25, -0.2) is 4.39 Å². The van der Waals surface area contributed by atoms with Gasteiger partial charge in [-0.05, 0) is 42.7 Å². The van der Waals surface area contributed by atoms with Crippen LogP contribution < -0.4 is 14.4 Å². The molecular weight excluding hydrogens is 359 g/mol. The summed E-state index contributed by atoms with van der Waals surface area (Å²) in [5, 5.41) is 0. The number of carbonyl (C=O) groups is 1. The highest BCUT2D eigenvalue weighted by Gasteiger charge is 2.28. The first-order chi connectivity index (χ1) is 13.5. The maximum absolute atomic E-state index is 13.1. The lowest BCUT2D eigenvalue weighted by Crippen LogP contribution is -2.46. The third-order valence-electron chi connectivity index (χ3n) is 5.23. The summed E-state index contributed by atoms with van der Waals surface area (Å²) in [6.45, 7) is 4.17. The van der Waals surface area contributed by atoms with Gasteiger partial charge in [0.2, 0.25) is 5.91 Å². The number of halogens is 1. The molecule has 1 fully saturated rings. The summed E-state index contributed by atoms with van der Waals surface area (Å²) in [6, 6.07) is 12.4. The van der Waals surface area contributed by atoms with E-state index in [1.165, 1.54) is 12.1 Å². The molecular formula is C22H27FN2O3. The number of carbonyl (C=O) groups excluding carboxylic acids is 1. The van der Waals surface area contributed by atoms with Crippen molar-refractivity contribution in [1.82, 2.24) is 4.90 Å². The summed E-state index contributed by atoms with van der Waals surface area (Å²) in [5.74, 6) is 1.06. The van der Waals surface area contributed by atoms with E-state index in [2.05, 4.69) is 4.90 Å². The van der Waals surface area contributed by atoms with Crippen molar-refractivity contribution in [3.05, 3.63) is 53.8 Å². The lowest BCUT2D eigenvalue weighted by molar-refractivity contribution is -0.117. The molecule has 3 rings (SSSR count). The smallest absolute Gasteiger partial charge is 0.224 e. The maximum atomic E-state index is 13.1. The molecule has 5 nitrogen and oxygen atoms in total. The van der Waals surface area contributed by atoms with Crippen LogP contribution in [-0.4, -0.2) is 44.2 Å². The Hall–Kier alpha value is -2.60. The van der Waals surface area contributed by atoms with E-state index in [0.29, 0.717) is 11.5 Å². The van der Waals surface area contributed by atoms with Crippen LogP contribution >= 0.6 is 0 Å². The minimum Gasteiger partial charge on any atom is -0.493 e. The second-order valence-corrected chi connectivity index (χ2v) is 7.06. The topological polar surface area (TPSA) is 42.0 Å². The first-order valence-corrected chi connectivity index (χ1v) is 9.50. The van der Waals surface area contributed by atoms with E-state index in [1.54, 1.807) is 21.1 Å². The van der Waals surface area contributed by atoms with Crippen LogP contribution in [0.1, 0.15) is 25.3 Å². The zero-order valence-corrected chi connectivity index (χ0v) is 16.7. The first-order valence-electron chi connectivity index (χ1n) is 9.50. The third kappa shape index (κ3) is 4.62. The van der Waals surface area contributed by atoms with E-state index < -0.39 is 0 Å². The number of likely N-dealkylation sites (tertiary alicyclic amines) is 1. The number of piperidine rings is 1. The van der Waals surface area contributed by atoms with Crippen LogP contribution in [-0.2, 0) is 11.3 Å². The van der Waals surface area contributed by atoms with E-state index in [1.807, 2.05) is 35.2 Å². The summed E-state index contributed by atoms with van der Waals surface area (Å²) >= 11 is 0. The van der Waals surface area contributed by atoms with Crippen LogP contribution in [0.15, 0.2) is 42.5 Å². The molecule has 6 heteroatoms. The Bertz CT molecular complexity index is 802. The maximum Gasteiger partial charge on any atom is 0.224 e. The van der Waals surface area contributed by atoms with Crippen LogP contribution in [0.3, 0.4) is 0 Å². The molecule has 1 heterocycles. The molecule has 0 N–H and O–H groups in total. The van der Waals surface area contributed by atoms with Gasteiger partial charge in [0.1, 0.15) is 5.82 Å². The Morgan fingerprint density at radius 2 is 1.71 bits per heavy atom. The molecule has 1 saturated heterocycles. The number of methoxy groups -OCH3 is 2.